The van der Waals surface area contributed by atoms with Crippen LogP contribution in [0.4, 0.5) is 23.0 Å². The van der Waals surface area contributed by atoms with Crippen LogP contribution in [0.1, 0.15) is 11.3 Å². The number of benzene rings is 2. The summed E-state index contributed by atoms with van der Waals surface area (Å²) in [6.45, 7) is 0.454. The van der Waals surface area contributed by atoms with E-state index in [9.17, 15) is 13.2 Å². The summed E-state index contributed by atoms with van der Waals surface area (Å²) in [5.41, 5.74) is 3.89. The Morgan fingerprint density at radius 3 is 2.53 bits per heavy atom. The maximum Gasteiger partial charge on any atom is 0.233 e. The molecule has 3 aromatic rings. The van der Waals surface area contributed by atoms with Gasteiger partial charge >= 0.3 is 0 Å². The van der Waals surface area contributed by atoms with Crippen LogP contribution in [0.15, 0.2) is 77.9 Å². The second-order valence-corrected chi connectivity index (χ2v) is 10.4. The molecule has 1 amide bonds. The molecule has 0 aliphatic carbocycles. The van der Waals surface area contributed by atoms with E-state index < -0.39 is 10.0 Å². The van der Waals surface area contributed by atoms with Crippen LogP contribution >= 0.6 is 0 Å². The van der Waals surface area contributed by atoms with Crippen molar-refractivity contribution in [1.29, 1.82) is 0 Å². The fourth-order valence-corrected chi connectivity index (χ4v) is 4.25. The molecule has 10 heteroatoms. The Morgan fingerprint density at radius 1 is 1.06 bits per heavy atom. The zero-order valence-electron chi connectivity index (χ0n) is 20.1. The SMILES string of the molecule is CN(c1ccccc1CCc1ccnc(Nc2ccc(NC(=O)C3C=CC=NC3)cc2)n1)S(C)(=O)=O. The van der Waals surface area contributed by atoms with Gasteiger partial charge in [-0.1, -0.05) is 24.3 Å². The van der Waals surface area contributed by atoms with Crippen molar-refractivity contribution in [2.75, 3.05) is 34.8 Å². The molecule has 0 saturated carbocycles. The number of aliphatic imine (C=N–C) groups is 1. The van der Waals surface area contributed by atoms with Gasteiger partial charge in [0.15, 0.2) is 0 Å². The first-order valence-electron chi connectivity index (χ1n) is 11.5. The van der Waals surface area contributed by atoms with E-state index >= 15 is 0 Å². The number of hydrogen-bond acceptors (Lipinski definition) is 7. The average Bonchev–Trinajstić information content (AvgIpc) is 2.88. The van der Waals surface area contributed by atoms with Crippen molar-refractivity contribution < 1.29 is 13.2 Å². The van der Waals surface area contributed by atoms with Crippen LogP contribution in [-0.4, -0.2) is 50.4 Å². The lowest BCUT2D eigenvalue weighted by molar-refractivity contribution is -0.118. The molecule has 0 spiro atoms. The minimum absolute atomic E-state index is 0.0934. The summed E-state index contributed by atoms with van der Waals surface area (Å²) < 4.78 is 25.3. The van der Waals surface area contributed by atoms with Gasteiger partial charge in [0.05, 0.1) is 24.4 Å². The van der Waals surface area contributed by atoms with Crippen molar-refractivity contribution >= 4 is 45.2 Å². The summed E-state index contributed by atoms with van der Waals surface area (Å²) in [5.74, 6) is 0.0999. The Kier molecular flexibility index (Phi) is 7.74. The van der Waals surface area contributed by atoms with E-state index in [-0.39, 0.29) is 11.8 Å². The molecule has 0 radical (unpaired) electrons. The minimum Gasteiger partial charge on any atom is -0.326 e. The van der Waals surface area contributed by atoms with Gasteiger partial charge in [-0.2, -0.15) is 0 Å². The Morgan fingerprint density at radius 2 is 1.81 bits per heavy atom. The second kappa shape index (κ2) is 11.1. The molecule has 36 heavy (non-hydrogen) atoms. The summed E-state index contributed by atoms with van der Waals surface area (Å²) in [6, 6.07) is 16.6. The van der Waals surface area contributed by atoms with Crippen LogP contribution < -0.4 is 14.9 Å². The number of sulfonamides is 1. The fraction of sp³-hybridized carbons (Fsp3) is 0.231. The van der Waals surface area contributed by atoms with Crippen molar-refractivity contribution in [2.24, 2.45) is 10.9 Å². The Balaban J connectivity index is 1.37. The lowest BCUT2D eigenvalue weighted by atomic mass is 10.1. The highest BCUT2D eigenvalue weighted by molar-refractivity contribution is 7.92. The standard InChI is InChI=1S/C26H28N6O3S/c1-32(36(2,34)35)24-8-4-3-6-19(24)9-10-23-15-17-28-26(31-23)30-22-13-11-21(12-14-22)29-25(33)20-7-5-16-27-18-20/h3-8,11-17,20H,9-10,18H2,1-2H3,(H,29,33)(H,28,30,31). The number of carbonyl (C=O) groups is 1. The Bertz CT molecular complexity index is 1390. The molecular weight excluding hydrogens is 476 g/mol. The molecule has 4 rings (SSSR count). The van der Waals surface area contributed by atoms with E-state index in [4.69, 9.17) is 0 Å². The summed E-state index contributed by atoms with van der Waals surface area (Å²) in [7, 11) is -1.80. The molecule has 1 unspecified atom stereocenters. The summed E-state index contributed by atoms with van der Waals surface area (Å²) >= 11 is 0. The number of nitrogens with one attached hydrogen (secondary N) is 2. The fourth-order valence-electron chi connectivity index (χ4n) is 3.72. The van der Waals surface area contributed by atoms with Crippen molar-refractivity contribution in [3.05, 3.63) is 84.2 Å². The quantitative estimate of drug-likeness (QED) is 0.460. The van der Waals surface area contributed by atoms with Crippen LogP contribution in [0.2, 0.25) is 0 Å². The van der Waals surface area contributed by atoms with E-state index in [1.54, 1.807) is 31.6 Å². The molecule has 1 aliphatic heterocycles. The second-order valence-electron chi connectivity index (χ2n) is 8.43. The molecule has 0 bridgehead atoms. The molecule has 0 saturated heterocycles. The van der Waals surface area contributed by atoms with Crippen LogP contribution in [0, 0.1) is 5.92 Å². The summed E-state index contributed by atoms with van der Waals surface area (Å²) in [4.78, 5) is 25.4. The lowest BCUT2D eigenvalue weighted by Crippen LogP contribution is -2.26. The van der Waals surface area contributed by atoms with Gasteiger partial charge in [-0.15, -0.1) is 0 Å². The van der Waals surface area contributed by atoms with E-state index in [0.29, 0.717) is 36.7 Å². The van der Waals surface area contributed by atoms with E-state index in [1.807, 2.05) is 54.6 Å². The highest BCUT2D eigenvalue weighted by Crippen LogP contribution is 2.23. The smallest absolute Gasteiger partial charge is 0.233 e. The van der Waals surface area contributed by atoms with Crippen LogP contribution in [0.5, 0.6) is 0 Å². The number of aryl methyl sites for hydroxylation is 2. The number of carbonyl (C=O) groups excluding carboxylic acids is 1. The van der Waals surface area contributed by atoms with Crippen molar-refractivity contribution in [2.45, 2.75) is 12.8 Å². The molecule has 0 fully saturated rings. The van der Waals surface area contributed by atoms with Crippen molar-refractivity contribution in [3.63, 3.8) is 0 Å². The van der Waals surface area contributed by atoms with Gasteiger partial charge in [-0.3, -0.25) is 14.1 Å². The average molecular weight is 505 g/mol. The predicted octanol–water partition coefficient (Wildman–Crippen LogP) is 3.60. The molecule has 2 aromatic carbocycles. The number of nitrogens with zero attached hydrogens (tertiary/aromatic N) is 4. The molecule has 9 nitrogen and oxygen atoms in total. The summed E-state index contributed by atoms with van der Waals surface area (Å²) in [5, 5.41) is 6.08. The number of aromatic nitrogens is 2. The first kappa shape index (κ1) is 25.1. The van der Waals surface area contributed by atoms with Crippen LogP contribution in [0.3, 0.4) is 0 Å². The number of amides is 1. The van der Waals surface area contributed by atoms with Gasteiger partial charge < -0.3 is 10.6 Å². The Labute approximate surface area is 211 Å². The predicted molar refractivity (Wildman–Crippen MR) is 143 cm³/mol. The molecule has 2 heterocycles. The zero-order valence-corrected chi connectivity index (χ0v) is 20.9. The number of para-hydroxylation sites is 1. The number of dihydropyridines is 1. The number of rotatable bonds is 9. The van der Waals surface area contributed by atoms with E-state index in [2.05, 4.69) is 25.6 Å². The third-order valence-corrected chi connectivity index (χ3v) is 6.97. The normalized spacial score (nSPS) is 14.9. The van der Waals surface area contributed by atoms with Crippen molar-refractivity contribution in [1.82, 2.24) is 9.97 Å². The van der Waals surface area contributed by atoms with Crippen LogP contribution in [-0.2, 0) is 27.7 Å². The summed E-state index contributed by atoms with van der Waals surface area (Å²) in [6.07, 6.45) is 9.44. The number of allylic oxidation sites excluding steroid dienone is 1. The molecular formula is C26H28N6O3S. The van der Waals surface area contributed by atoms with Gasteiger partial charge in [0, 0.05) is 36.5 Å². The van der Waals surface area contributed by atoms with E-state index in [0.717, 1.165) is 16.9 Å². The molecule has 1 aromatic heterocycles. The molecule has 2 N–H and O–H groups in total. The Hall–Kier alpha value is -4.05. The van der Waals surface area contributed by atoms with Gasteiger partial charge in [0.25, 0.3) is 0 Å². The third-order valence-electron chi connectivity index (χ3n) is 5.77. The molecule has 1 atom stereocenters. The topological polar surface area (TPSA) is 117 Å². The molecule has 1 aliphatic rings. The molecule has 186 valence electrons. The highest BCUT2D eigenvalue weighted by atomic mass is 32.2. The first-order valence-corrected chi connectivity index (χ1v) is 13.3. The number of hydrogen-bond donors (Lipinski definition) is 2. The number of anilines is 4. The van der Waals surface area contributed by atoms with Gasteiger partial charge in [-0.05, 0) is 60.9 Å². The monoisotopic (exact) mass is 504 g/mol. The maximum absolute atomic E-state index is 12.3. The van der Waals surface area contributed by atoms with Gasteiger partial charge in [0.1, 0.15) is 0 Å². The minimum atomic E-state index is -3.35. The first-order chi connectivity index (χ1) is 17.3. The van der Waals surface area contributed by atoms with Crippen molar-refractivity contribution in [3.8, 4) is 0 Å². The third kappa shape index (κ3) is 6.54. The zero-order chi connectivity index (χ0) is 25.5. The van der Waals surface area contributed by atoms with Gasteiger partial charge in [-0.25, -0.2) is 18.4 Å². The largest absolute Gasteiger partial charge is 0.326 e. The van der Waals surface area contributed by atoms with Gasteiger partial charge in [0.2, 0.25) is 21.9 Å². The van der Waals surface area contributed by atoms with E-state index in [1.165, 1.54) is 10.6 Å². The highest BCUT2D eigenvalue weighted by Gasteiger charge is 2.17. The van der Waals surface area contributed by atoms with Crippen LogP contribution in [0.25, 0.3) is 0 Å². The maximum atomic E-state index is 12.3. The lowest BCUT2D eigenvalue weighted by Gasteiger charge is -2.20.